The van der Waals surface area contributed by atoms with Crippen LogP contribution >= 0.6 is 11.8 Å². The average molecular weight is 338 g/mol. The van der Waals surface area contributed by atoms with E-state index in [0.717, 1.165) is 0 Å². The van der Waals surface area contributed by atoms with Crippen molar-refractivity contribution in [2.24, 2.45) is 0 Å². The van der Waals surface area contributed by atoms with Crippen LogP contribution in [0.25, 0.3) is 11.5 Å². The van der Waals surface area contributed by atoms with E-state index in [0.29, 0.717) is 46.1 Å². The van der Waals surface area contributed by atoms with Crippen molar-refractivity contribution in [3.05, 3.63) is 12.1 Å². The van der Waals surface area contributed by atoms with Crippen LogP contribution in [0.5, 0.6) is 17.2 Å². The number of ketones is 1. The molecule has 1 aromatic carbocycles. The summed E-state index contributed by atoms with van der Waals surface area (Å²) in [4.78, 5) is 10.9. The molecule has 0 saturated carbocycles. The molecule has 0 amide bonds. The lowest BCUT2D eigenvalue weighted by Gasteiger charge is -2.12. The van der Waals surface area contributed by atoms with E-state index in [1.54, 1.807) is 19.1 Å². The van der Waals surface area contributed by atoms with Crippen LogP contribution in [0.4, 0.5) is 0 Å². The van der Waals surface area contributed by atoms with Crippen molar-refractivity contribution in [1.82, 2.24) is 10.2 Å². The Labute approximate surface area is 138 Å². The molecule has 0 aliphatic carbocycles. The third-order valence-corrected chi connectivity index (χ3v) is 3.82. The van der Waals surface area contributed by atoms with Crippen molar-refractivity contribution in [2.75, 3.05) is 27.1 Å². The number of carbonyl (C=O) groups excluding carboxylic acids is 1. The molecule has 0 N–H and O–H groups in total. The Kier molecular flexibility index (Phi) is 5.86. The molecule has 0 fully saturated rings. The first-order valence-corrected chi connectivity index (χ1v) is 7.83. The van der Waals surface area contributed by atoms with Gasteiger partial charge in [0.15, 0.2) is 11.5 Å². The number of hydrogen-bond acceptors (Lipinski definition) is 8. The van der Waals surface area contributed by atoms with Crippen molar-refractivity contribution in [3.63, 3.8) is 0 Å². The fraction of sp³-hybridized carbons (Fsp3) is 0.400. The molecule has 23 heavy (non-hydrogen) atoms. The summed E-state index contributed by atoms with van der Waals surface area (Å²) >= 11 is 1.34. The molecule has 0 saturated heterocycles. The van der Waals surface area contributed by atoms with Gasteiger partial charge in [0.25, 0.3) is 5.22 Å². The number of aromatic nitrogens is 2. The second kappa shape index (κ2) is 7.87. The molecule has 2 aromatic rings. The number of benzene rings is 1. The monoisotopic (exact) mass is 338 g/mol. The quantitative estimate of drug-likeness (QED) is 0.679. The minimum Gasteiger partial charge on any atom is -0.493 e. The molecule has 7 nitrogen and oxygen atoms in total. The second-order valence-corrected chi connectivity index (χ2v) is 5.63. The van der Waals surface area contributed by atoms with Crippen molar-refractivity contribution in [1.29, 1.82) is 0 Å². The van der Waals surface area contributed by atoms with Gasteiger partial charge < -0.3 is 18.6 Å². The normalized spacial score (nSPS) is 10.4. The molecule has 0 atom stereocenters. The van der Waals surface area contributed by atoms with Crippen molar-refractivity contribution < 1.29 is 23.4 Å². The molecule has 2 rings (SSSR count). The summed E-state index contributed by atoms with van der Waals surface area (Å²) in [5.74, 6) is 2.58. The Balaban J connectivity index is 2.24. The molecule has 1 heterocycles. The highest BCUT2D eigenvalue weighted by atomic mass is 32.2. The number of ether oxygens (including phenoxy) is 3. The highest BCUT2D eigenvalue weighted by Gasteiger charge is 2.17. The SMILES string of the molecule is COc1cc(-c2nnc(SCCC(C)=O)o2)cc(OC)c1OC. The molecular weight excluding hydrogens is 320 g/mol. The van der Waals surface area contributed by atoms with Crippen LogP contribution in [0, 0.1) is 0 Å². The molecule has 124 valence electrons. The zero-order valence-electron chi connectivity index (χ0n) is 13.4. The fourth-order valence-electron chi connectivity index (χ4n) is 1.87. The summed E-state index contributed by atoms with van der Waals surface area (Å²) in [5.41, 5.74) is 0.658. The van der Waals surface area contributed by atoms with Gasteiger partial charge in [-0.3, -0.25) is 4.79 Å². The van der Waals surface area contributed by atoms with Gasteiger partial charge in [-0.15, -0.1) is 10.2 Å². The van der Waals surface area contributed by atoms with E-state index in [9.17, 15) is 4.79 Å². The number of Topliss-reactive ketones (excluding diaryl/α,β-unsaturated/α-hetero) is 1. The van der Waals surface area contributed by atoms with E-state index in [-0.39, 0.29) is 5.78 Å². The summed E-state index contributed by atoms with van der Waals surface area (Å²) in [6.07, 6.45) is 0.465. The van der Waals surface area contributed by atoms with Crippen molar-refractivity contribution in [3.8, 4) is 28.7 Å². The lowest BCUT2D eigenvalue weighted by Crippen LogP contribution is -1.95. The second-order valence-electron chi connectivity index (χ2n) is 4.59. The van der Waals surface area contributed by atoms with Crippen LogP contribution in [0.3, 0.4) is 0 Å². The molecule has 1 aromatic heterocycles. The third-order valence-electron chi connectivity index (χ3n) is 3.00. The van der Waals surface area contributed by atoms with Gasteiger partial charge in [-0.05, 0) is 19.1 Å². The van der Waals surface area contributed by atoms with Crippen LogP contribution < -0.4 is 14.2 Å². The summed E-state index contributed by atoms with van der Waals surface area (Å²) in [5, 5.41) is 8.39. The predicted molar refractivity (Wildman–Crippen MR) is 85.4 cm³/mol. The van der Waals surface area contributed by atoms with Gasteiger partial charge in [0, 0.05) is 17.7 Å². The van der Waals surface area contributed by atoms with Gasteiger partial charge in [-0.1, -0.05) is 11.8 Å². The molecule has 0 radical (unpaired) electrons. The Morgan fingerprint density at radius 2 is 1.78 bits per heavy atom. The molecule has 0 unspecified atom stereocenters. The Hall–Kier alpha value is -2.22. The Morgan fingerprint density at radius 1 is 1.13 bits per heavy atom. The van der Waals surface area contributed by atoms with E-state index >= 15 is 0 Å². The molecule has 0 spiro atoms. The highest BCUT2D eigenvalue weighted by molar-refractivity contribution is 7.99. The van der Waals surface area contributed by atoms with Crippen molar-refractivity contribution >= 4 is 17.5 Å². The minimum atomic E-state index is 0.127. The smallest absolute Gasteiger partial charge is 0.276 e. The summed E-state index contributed by atoms with van der Waals surface area (Å²) in [7, 11) is 4.62. The third kappa shape index (κ3) is 4.16. The van der Waals surface area contributed by atoms with E-state index in [1.165, 1.54) is 33.1 Å². The zero-order chi connectivity index (χ0) is 16.8. The van der Waals surface area contributed by atoms with Gasteiger partial charge in [0.2, 0.25) is 11.6 Å². The van der Waals surface area contributed by atoms with Crippen LogP contribution in [-0.4, -0.2) is 43.1 Å². The summed E-state index contributed by atoms with van der Waals surface area (Å²) < 4.78 is 21.5. The largest absolute Gasteiger partial charge is 0.493 e. The molecular formula is C15H18N2O5S. The number of thioether (sulfide) groups is 1. The minimum absolute atomic E-state index is 0.127. The maximum Gasteiger partial charge on any atom is 0.276 e. The fourth-order valence-corrected chi connectivity index (χ4v) is 2.67. The first kappa shape index (κ1) is 17.1. The van der Waals surface area contributed by atoms with E-state index < -0.39 is 0 Å². The number of nitrogens with zero attached hydrogens (tertiary/aromatic N) is 2. The summed E-state index contributed by atoms with van der Waals surface area (Å²) in [6.45, 7) is 1.55. The predicted octanol–water partition coefficient (Wildman–Crippen LogP) is 2.83. The van der Waals surface area contributed by atoms with E-state index in [1.807, 2.05) is 0 Å². The van der Waals surface area contributed by atoms with Crippen LogP contribution in [-0.2, 0) is 4.79 Å². The standard InChI is InChI=1S/C15H18N2O5S/c1-9(18)5-6-23-15-17-16-14(22-15)10-7-11(19-2)13(21-4)12(8-10)20-3/h7-8H,5-6H2,1-4H3. The van der Waals surface area contributed by atoms with Gasteiger partial charge in [-0.25, -0.2) is 0 Å². The van der Waals surface area contributed by atoms with Crippen LogP contribution in [0.2, 0.25) is 0 Å². The number of rotatable bonds is 8. The van der Waals surface area contributed by atoms with Crippen molar-refractivity contribution in [2.45, 2.75) is 18.6 Å². The van der Waals surface area contributed by atoms with Gasteiger partial charge in [0.05, 0.1) is 21.3 Å². The lowest BCUT2D eigenvalue weighted by atomic mass is 10.2. The van der Waals surface area contributed by atoms with Gasteiger partial charge >= 0.3 is 0 Å². The molecule has 0 aliphatic rings. The van der Waals surface area contributed by atoms with Gasteiger partial charge in [-0.2, -0.15) is 0 Å². The van der Waals surface area contributed by atoms with E-state index in [4.69, 9.17) is 18.6 Å². The maximum atomic E-state index is 10.9. The first-order valence-electron chi connectivity index (χ1n) is 6.85. The molecule has 0 aliphatic heterocycles. The number of methoxy groups -OCH3 is 3. The zero-order valence-corrected chi connectivity index (χ0v) is 14.2. The topological polar surface area (TPSA) is 83.7 Å². The Morgan fingerprint density at radius 3 is 2.30 bits per heavy atom. The highest BCUT2D eigenvalue weighted by Crippen LogP contribution is 2.41. The lowest BCUT2D eigenvalue weighted by molar-refractivity contribution is -0.116. The average Bonchev–Trinajstić information content (AvgIpc) is 3.01. The van der Waals surface area contributed by atoms with E-state index in [2.05, 4.69) is 10.2 Å². The van der Waals surface area contributed by atoms with Crippen LogP contribution in [0.1, 0.15) is 13.3 Å². The first-order chi connectivity index (χ1) is 11.1. The maximum absolute atomic E-state index is 10.9. The summed E-state index contributed by atoms with van der Waals surface area (Å²) in [6, 6.07) is 3.47. The van der Waals surface area contributed by atoms with Gasteiger partial charge in [0.1, 0.15) is 5.78 Å². The molecule has 0 bridgehead atoms. The number of hydrogen-bond donors (Lipinski definition) is 0. The molecule has 8 heteroatoms. The van der Waals surface area contributed by atoms with Crippen LogP contribution in [0.15, 0.2) is 21.8 Å². The Bertz CT molecular complexity index is 661. The number of carbonyl (C=O) groups is 1.